The molecule has 2 aromatic rings. The van der Waals surface area contributed by atoms with Crippen LogP contribution in [0.25, 0.3) is 0 Å². The predicted molar refractivity (Wildman–Crippen MR) is 123 cm³/mol. The molecule has 0 radical (unpaired) electrons. The second kappa shape index (κ2) is 12.5. The lowest BCUT2D eigenvalue weighted by Gasteiger charge is -2.14. The molecule has 1 atom stereocenters. The van der Waals surface area contributed by atoms with Gasteiger partial charge in [0.2, 0.25) is 5.91 Å². The molecule has 1 unspecified atom stereocenters. The smallest absolute Gasteiger partial charge is 0.227 e. The van der Waals surface area contributed by atoms with Crippen molar-refractivity contribution in [3.63, 3.8) is 0 Å². The molecule has 0 aliphatic heterocycles. The van der Waals surface area contributed by atoms with Crippen LogP contribution in [0.4, 0.5) is 5.82 Å². The van der Waals surface area contributed by atoms with Crippen molar-refractivity contribution in [3.8, 4) is 5.75 Å². The van der Waals surface area contributed by atoms with Crippen LogP contribution in [0, 0.1) is 6.92 Å². The minimum Gasteiger partial charge on any atom is -0.491 e. The van der Waals surface area contributed by atoms with Crippen LogP contribution in [0.3, 0.4) is 0 Å². The topological polar surface area (TPSA) is 108 Å². The number of nitrogens with zero attached hydrogens (tertiary/aromatic N) is 2. The van der Waals surface area contributed by atoms with E-state index in [1.807, 2.05) is 64.1 Å². The van der Waals surface area contributed by atoms with Gasteiger partial charge in [0.1, 0.15) is 11.6 Å². The molecule has 0 aliphatic rings. The zero-order chi connectivity index (χ0) is 22.6. The van der Waals surface area contributed by atoms with Gasteiger partial charge in [-0.25, -0.2) is 4.98 Å². The van der Waals surface area contributed by atoms with Gasteiger partial charge >= 0.3 is 0 Å². The maximum atomic E-state index is 12.1. The number of pyridine rings is 1. The molecular weight excluding hydrogens is 394 g/mol. The van der Waals surface area contributed by atoms with Crippen LogP contribution in [-0.4, -0.2) is 47.7 Å². The van der Waals surface area contributed by atoms with Crippen molar-refractivity contribution in [2.24, 2.45) is 4.99 Å². The first-order valence-electron chi connectivity index (χ1n) is 10.6. The first-order chi connectivity index (χ1) is 14.9. The molecule has 8 heteroatoms. The van der Waals surface area contributed by atoms with Gasteiger partial charge in [-0.3, -0.25) is 9.79 Å². The number of benzene rings is 1. The molecule has 0 fully saturated rings. The Morgan fingerprint density at radius 2 is 1.90 bits per heavy atom. The number of amides is 1. The average molecular weight is 428 g/mol. The van der Waals surface area contributed by atoms with Crippen LogP contribution in [-0.2, 0) is 4.79 Å². The van der Waals surface area contributed by atoms with E-state index in [1.54, 1.807) is 6.07 Å². The van der Waals surface area contributed by atoms with Crippen LogP contribution in [0.5, 0.6) is 5.75 Å². The van der Waals surface area contributed by atoms with Gasteiger partial charge in [0.05, 0.1) is 18.8 Å². The lowest BCUT2D eigenvalue weighted by molar-refractivity contribution is -0.116. The summed E-state index contributed by atoms with van der Waals surface area (Å²) in [5, 5.41) is 19.4. The van der Waals surface area contributed by atoms with Crippen molar-refractivity contribution in [1.82, 2.24) is 15.6 Å². The number of guanidine groups is 1. The van der Waals surface area contributed by atoms with Gasteiger partial charge in [-0.2, -0.15) is 0 Å². The van der Waals surface area contributed by atoms with Crippen molar-refractivity contribution in [2.45, 2.75) is 46.3 Å². The summed E-state index contributed by atoms with van der Waals surface area (Å²) < 4.78 is 5.62. The molecule has 1 heterocycles. The fourth-order valence-electron chi connectivity index (χ4n) is 2.78. The van der Waals surface area contributed by atoms with E-state index in [-0.39, 0.29) is 25.0 Å². The Kier molecular flexibility index (Phi) is 9.77. The average Bonchev–Trinajstić information content (AvgIpc) is 2.72. The minimum absolute atomic E-state index is 0.101. The van der Waals surface area contributed by atoms with Gasteiger partial charge in [-0.1, -0.05) is 18.2 Å². The fraction of sp³-hybridized carbons (Fsp3) is 0.435. The molecule has 0 saturated carbocycles. The molecule has 0 spiro atoms. The maximum Gasteiger partial charge on any atom is 0.227 e. The third-order valence-electron chi connectivity index (χ3n) is 4.20. The summed E-state index contributed by atoms with van der Waals surface area (Å²) >= 11 is 0. The maximum absolute atomic E-state index is 12.1. The van der Waals surface area contributed by atoms with Crippen LogP contribution in [0.2, 0.25) is 0 Å². The lowest BCUT2D eigenvalue weighted by Crippen LogP contribution is -2.39. The number of carbonyl (C=O) groups excluding carboxylic acids is 1. The number of hydrogen-bond donors (Lipinski definition) is 4. The zero-order valence-corrected chi connectivity index (χ0v) is 18.7. The largest absolute Gasteiger partial charge is 0.491 e. The van der Waals surface area contributed by atoms with Crippen LogP contribution in [0.1, 0.15) is 44.6 Å². The van der Waals surface area contributed by atoms with Crippen LogP contribution >= 0.6 is 0 Å². The number of rotatable bonds is 10. The van der Waals surface area contributed by atoms with E-state index in [0.717, 1.165) is 17.0 Å². The summed E-state index contributed by atoms with van der Waals surface area (Å²) in [4.78, 5) is 20.8. The van der Waals surface area contributed by atoms with E-state index < -0.39 is 6.10 Å². The van der Waals surface area contributed by atoms with E-state index in [0.29, 0.717) is 24.9 Å². The summed E-state index contributed by atoms with van der Waals surface area (Å²) in [6, 6.07) is 12.8. The highest BCUT2D eigenvalue weighted by molar-refractivity contribution is 5.90. The predicted octanol–water partition coefficient (Wildman–Crippen LogP) is 2.79. The van der Waals surface area contributed by atoms with Crippen molar-refractivity contribution in [1.29, 1.82) is 0 Å². The molecule has 8 nitrogen and oxygen atoms in total. The summed E-state index contributed by atoms with van der Waals surface area (Å²) in [5.74, 6) is 1.72. The molecule has 2 rings (SSSR count). The lowest BCUT2D eigenvalue weighted by atomic mass is 10.1. The Morgan fingerprint density at radius 3 is 2.55 bits per heavy atom. The summed E-state index contributed by atoms with van der Waals surface area (Å²) in [6.45, 7) is 9.03. The number of aromatic nitrogens is 1. The minimum atomic E-state index is -0.737. The molecule has 168 valence electrons. The third kappa shape index (κ3) is 9.04. The highest BCUT2D eigenvalue weighted by Gasteiger charge is 2.09. The van der Waals surface area contributed by atoms with Crippen molar-refractivity contribution < 1.29 is 14.6 Å². The number of ether oxygens (including phenoxy) is 1. The number of aliphatic hydroxyl groups is 1. The highest BCUT2D eigenvalue weighted by Crippen LogP contribution is 2.19. The van der Waals surface area contributed by atoms with Gasteiger partial charge in [0, 0.05) is 25.2 Å². The zero-order valence-electron chi connectivity index (χ0n) is 18.7. The summed E-state index contributed by atoms with van der Waals surface area (Å²) in [5.41, 5.74) is 1.61. The molecule has 0 aliphatic carbocycles. The Bertz CT molecular complexity index is 853. The SMILES string of the molecule is CCNC(=NCC(O)c1ccc(OC(C)C)cc1)NCCC(=O)Nc1cccc(C)n1. The van der Waals surface area contributed by atoms with Crippen molar-refractivity contribution in [2.75, 3.05) is 25.0 Å². The fourth-order valence-corrected chi connectivity index (χ4v) is 2.78. The Morgan fingerprint density at radius 1 is 1.16 bits per heavy atom. The molecule has 1 amide bonds. The number of nitrogens with one attached hydrogen (secondary N) is 3. The van der Waals surface area contributed by atoms with Gasteiger partial charge < -0.3 is 25.8 Å². The van der Waals surface area contributed by atoms with Gasteiger partial charge in [-0.05, 0) is 57.5 Å². The quantitative estimate of drug-likeness (QED) is 0.343. The first kappa shape index (κ1) is 24.1. The van der Waals surface area contributed by atoms with E-state index in [2.05, 4.69) is 25.9 Å². The molecule has 31 heavy (non-hydrogen) atoms. The number of anilines is 1. The summed E-state index contributed by atoms with van der Waals surface area (Å²) in [6.07, 6.45) is -0.372. The molecule has 0 bridgehead atoms. The third-order valence-corrected chi connectivity index (χ3v) is 4.20. The Labute approximate surface area is 184 Å². The Balaban J connectivity index is 1.82. The number of carbonyl (C=O) groups is 1. The van der Waals surface area contributed by atoms with Gasteiger partial charge in [0.25, 0.3) is 0 Å². The second-order valence-corrected chi connectivity index (χ2v) is 7.36. The molecule has 1 aromatic carbocycles. The molecule has 4 N–H and O–H groups in total. The highest BCUT2D eigenvalue weighted by atomic mass is 16.5. The molecule has 0 saturated heterocycles. The van der Waals surface area contributed by atoms with Gasteiger partial charge in [0.15, 0.2) is 5.96 Å². The summed E-state index contributed by atoms with van der Waals surface area (Å²) in [7, 11) is 0. The normalized spacial score (nSPS) is 12.4. The van der Waals surface area contributed by atoms with Crippen molar-refractivity contribution >= 4 is 17.7 Å². The van der Waals surface area contributed by atoms with Crippen molar-refractivity contribution in [3.05, 3.63) is 53.7 Å². The second-order valence-electron chi connectivity index (χ2n) is 7.36. The number of aliphatic hydroxyl groups excluding tert-OH is 1. The van der Waals surface area contributed by atoms with E-state index in [1.165, 1.54) is 0 Å². The van der Waals surface area contributed by atoms with E-state index in [4.69, 9.17) is 4.74 Å². The standard InChI is InChI=1S/C23H33N5O3/c1-5-24-23(25-14-13-22(30)28-21-8-6-7-17(4)27-21)26-15-20(29)18-9-11-19(12-10-18)31-16(2)3/h6-12,16,20,29H,5,13-15H2,1-4H3,(H2,24,25,26)(H,27,28,30). The number of aliphatic imine (C=N–C) groups is 1. The van der Waals surface area contributed by atoms with Gasteiger partial charge in [-0.15, -0.1) is 0 Å². The van der Waals surface area contributed by atoms with E-state index in [9.17, 15) is 9.90 Å². The van der Waals surface area contributed by atoms with E-state index >= 15 is 0 Å². The number of hydrogen-bond acceptors (Lipinski definition) is 5. The van der Waals surface area contributed by atoms with Crippen LogP contribution in [0.15, 0.2) is 47.5 Å². The Hall–Kier alpha value is -3.13. The van der Waals surface area contributed by atoms with Crippen LogP contribution < -0.4 is 20.7 Å². The monoisotopic (exact) mass is 427 g/mol. The molecular formula is C23H33N5O3. The first-order valence-corrected chi connectivity index (χ1v) is 10.6. The molecule has 1 aromatic heterocycles. The number of aryl methyl sites for hydroxylation is 1.